The Balaban J connectivity index is 3.45. The normalized spacial score (nSPS) is 11.9. The molecule has 0 aromatic heterocycles. The lowest BCUT2D eigenvalue weighted by molar-refractivity contribution is -0.153. The maximum absolute atomic E-state index is 11.4. The number of ether oxygens (including phenoxy) is 3. The van der Waals surface area contributed by atoms with Gasteiger partial charge in [-0.05, 0) is 41.5 Å². The van der Waals surface area contributed by atoms with Crippen molar-refractivity contribution in [1.82, 2.24) is 10.6 Å². The number of alkyl carbamates (subject to hydrolysis) is 1. The summed E-state index contributed by atoms with van der Waals surface area (Å²) in [6, 6.07) is 0. The highest BCUT2D eigenvalue weighted by Crippen LogP contribution is 2.06. The first-order chi connectivity index (χ1) is 9.99. The Morgan fingerprint density at radius 3 is 1.95 bits per heavy atom. The number of carbonyl (C=O) groups is 2. The first kappa shape index (κ1) is 20.7. The number of amides is 1. The molecular weight excluding hydrogens is 288 g/mol. The molecule has 2 N–H and O–H groups in total. The van der Waals surface area contributed by atoms with Crippen LogP contribution in [0.1, 0.15) is 41.5 Å². The van der Waals surface area contributed by atoms with Gasteiger partial charge in [0.05, 0.1) is 19.8 Å². The van der Waals surface area contributed by atoms with Crippen molar-refractivity contribution in [3.05, 3.63) is 0 Å². The Kier molecular flexibility index (Phi) is 9.04. The van der Waals surface area contributed by atoms with Crippen LogP contribution in [0.5, 0.6) is 0 Å². The standard InChI is InChI=1S/C15H30N2O5/c1-14(2,3)21-12(18)11-16-7-9-20-10-8-17-13(19)22-15(4,5)6/h16H,7-11H2,1-6H3,(H,17,19). The first-order valence-corrected chi connectivity index (χ1v) is 7.47. The van der Waals surface area contributed by atoms with Gasteiger partial charge in [0.2, 0.25) is 0 Å². The predicted molar refractivity (Wildman–Crippen MR) is 83.8 cm³/mol. The summed E-state index contributed by atoms with van der Waals surface area (Å²) < 4.78 is 15.5. The van der Waals surface area contributed by atoms with Crippen molar-refractivity contribution in [2.24, 2.45) is 0 Å². The molecule has 7 nitrogen and oxygen atoms in total. The fourth-order valence-electron chi connectivity index (χ4n) is 1.35. The summed E-state index contributed by atoms with van der Waals surface area (Å²) >= 11 is 0. The van der Waals surface area contributed by atoms with Gasteiger partial charge in [0.15, 0.2) is 0 Å². The summed E-state index contributed by atoms with van der Waals surface area (Å²) in [5, 5.41) is 5.52. The molecule has 1 amide bonds. The maximum Gasteiger partial charge on any atom is 0.407 e. The molecule has 0 aliphatic carbocycles. The summed E-state index contributed by atoms with van der Waals surface area (Å²) in [7, 11) is 0. The van der Waals surface area contributed by atoms with Crippen LogP contribution in [0.15, 0.2) is 0 Å². The lowest BCUT2D eigenvalue weighted by Gasteiger charge is -2.20. The number of hydrogen-bond donors (Lipinski definition) is 2. The molecule has 7 heteroatoms. The van der Waals surface area contributed by atoms with Gasteiger partial charge in [-0.15, -0.1) is 0 Å². The Bertz CT molecular complexity index is 311. The molecule has 0 saturated carbocycles. The molecule has 22 heavy (non-hydrogen) atoms. The van der Waals surface area contributed by atoms with E-state index in [4.69, 9.17) is 14.2 Å². The van der Waals surface area contributed by atoms with E-state index < -0.39 is 17.3 Å². The third-order valence-electron chi connectivity index (χ3n) is 2.03. The highest BCUT2D eigenvalue weighted by atomic mass is 16.6. The molecule has 0 bridgehead atoms. The molecule has 0 heterocycles. The van der Waals surface area contributed by atoms with Crippen molar-refractivity contribution in [3.8, 4) is 0 Å². The molecule has 0 aliphatic rings. The highest BCUT2D eigenvalue weighted by Gasteiger charge is 2.16. The average molecular weight is 318 g/mol. The lowest BCUT2D eigenvalue weighted by atomic mass is 10.2. The molecular formula is C15H30N2O5. The van der Waals surface area contributed by atoms with Crippen LogP contribution in [0.3, 0.4) is 0 Å². The SMILES string of the molecule is CC(C)(C)OC(=O)CNCCOCCNC(=O)OC(C)(C)C. The van der Waals surface area contributed by atoms with Crippen molar-refractivity contribution < 1.29 is 23.8 Å². The summed E-state index contributed by atoms with van der Waals surface area (Å²) in [6.45, 7) is 12.8. The summed E-state index contributed by atoms with van der Waals surface area (Å²) in [4.78, 5) is 22.7. The van der Waals surface area contributed by atoms with Crippen LogP contribution in [-0.2, 0) is 19.0 Å². The second kappa shape index (κ2) is 9.63. The molecule has 0 aromatic carbocycles. The third kappa shape index (κ3) is 15.1. The van der Waals surface area contributed by atoms with Gasteiger partial charge in [0.25, 0.3) is 0 Å². The van der Waals surface area contributed by atoms with Crippen molar-refractivity contribution in [3.63, 3.8) is 0 Å². The van der Waals surface area contributed by atoms with Gasteiger partial charge in [0, 0.05) is 13.1 Å². The molecule has 130 valence electrons. The van der Waals surface area contributed by atoms with Crippen molar-refractivity contribution in [2.45, 2.75) is 52.7 Å². The number of hydrogen-bond acceptors (Lipinski definition) is 6. The molecule has 0 fully saturated rings. The van der Waals surface area contributed by atoms with E-state index in [2.05, 4.69) is 10.6 Å². The fraction of sp³-hybridized carbons (Fsp3) is 0.867. The molecule has 0 saturated heterocycles. The van der Waals surface area contributed by atoms with Crippen LogP contribution in [0.25, 0.3) is 0 Å². The molecule has 0 rings (SSSR count). The van der Waals surface area contributed by atoms with Crippen LogP contribution in [0.2, 0.25) is 0 Å². The number of esters is 1. The van der Waals surface area contributed by atoms with Crippen molar-refractivity contribution >= 4 is 12.1 Å². The summed E-state index contributed by atoms with van der Waals surface area (Å²) in [5.41, 5.74) is -0.973. The molecule has 0 radical (unpaired) electrons. The van der Waals surface area contributed by atoms with Crippen LogP contribution in [-0.4, -0.2) is 56.1 Å². The van der Waals surface area contributed by atoms with E-state index in [1.54, 1.807) is 20.8 Å². The Morgan fingerprint density at radius 1 is 0.864 bits per heavy atom. The molecule has 0 unspecified atom stereocenters. The van der Waals surface area contributed by atoms with Gasteiger partial charge in [-0.2, -0.15) is 0 Å². The summed E-state index contributed by atoms with van der Waals surface area (Å²) in [5.74, 6) is -0.293. The van der Waals surface area contributed by atoms with E-state index in [1.807, 2.05) is 20.8 Å². The zero-order valence-corrected chi connectivity index (χ0v) is 14.6. The zero-order chi connectivity index (χ0) is 17.2. The molecule has 0 atom stereocenters. The second-order valence-corrected chi connectivity index (χ2v) is 6.80. The van der Waals surface area contributed by atoms with Crippen LogP contribution in [0, 0.1) is 0 Å². The number of carbonyl (C=O) groups excluding carboxylic acids is 2. The number of nitrogens with one attached hydrogen (secondary N) is 2. The van der Waals surface area contributed by atoms with E-state index in [-0.39, 0.29) is 12.5 Å². The van der Waals surface area contributed by atoms with Gasteiger partial charge >= 0.3 is 12.1 Å². The molecule has 0 aromatic rings. The van der Waals surface area contributed by atoms with E-state index in [9.17, 15) is 9.59 Å². The second-order valence-electron chi connectivity index (χ2n) is 6.80. The zero-order valence-electron chi connectivity index (χ0n) is 14.6. The van der Waals surface area contributed by atoms with Gasteiger partial charge in [0.1, 0.15) is 11.2 Å². The number of rotatable bonds is 8. The lowest BCUT2D eigenvalue weighted by Crippen LogP contribution is -2.35. The Hall–Kier alpha value is -1.34. The van der Waals surface area contributed by atoms with Crippen LogP contribution in [0.4, 0.5) is 4.79 Å². The van der Waals surface area contributed by atoms with Crippen molar-refractivity contribution in [1.29, 1.82) is 0 Å². The smallest absolute Gasteiger partial charge is 0.407 e. The average Bonchev–Trinajstić information content (AvgIpc) is 2.27. The molecule has 0 spiro atoms. The maximum atomic E-state index is 11.4. The molecule has 0 aliphatic heterocycles. The van der Waals surface area contributed by atoms with Gasteiger partial charge < -0.3 is 24.8 Å². The minimum absolute atomic E-state index is 0.150. The van der Waals surface area contributed by atoms with Gasteiger partial charge in [-0.25, -0.2) is 4.79 Å². The predicted octanol–water partition coefficient (Wildman–Crippen LogP) is 1.46. The van der Waals surface area contributed by atoms with Crippen molar-refractivity contribution in [2.75, 3.05) is 32.8 Å². The van der Waals surface area contributed by atoms with E-state index in [1.165, 1.54) is 0 Å². The van der Waals surface area contributed by atoms with Crippen LogP contribution < -0.4 is 10.6 Å². The first-order valence-electron chi connectivity index (χ1n) is 7.47. The summed E-state index contributed by atoms with van der Waals surface area (Å²) in [6.07, 6.45) is -0.459. The minimum atomic E-state index is -0.503. The highest BCUT2D eigenvalue weighted by molar-refractivity contribution is 5.72. The van der Waals surface area contributed by atoms with Crippen LogP contribution >= 0.6 is 0 Å². The fourth-order valence-corrected chi connectivity index (χ4v) is 1.35. The topological polar surface area (TPSA) is 85.9 Å². The third-order valence-corrected chi connectivity index (χ3v) is 2.03. The van der Waals surface area contributed by atoms with Gasteiger partial charge in [-0.3, -0.25) is 4.79 Å². The Morgan fingerprint density at radius 2 is 1.41 bits per heavy atom. The van der Waals surface area contributed by atoms with Gasteiger partial charge in [-0.1, -0.05) is 0 Å². The largest absolute Gasteiger partial charge is 0.459 e. The quantitative estimate of drug-likeness (QED) is 0.520. The monoisotopic (exact) mass is 318 g/mol. The van der Waals surface area contributed by atoms with E-state index in [0.29, 0.717) is 26.3 Å². The minimum Gasteiger partial charge on any atom is -0.459 e. The Labute approximate surface area is 133 Å². The van der Waals surface area contributed by atoms with E-state index >= 15 is 0 Å². The van der Waals surface area contributed by atoms with E-state index in [0.717, 1.165) is 0 Å².